The number of hydrogen-bond acceptors (Lipinski definition) is 3. The summed E-state index contributed by atoms with van der Waals surface area (Å²) in [6.45, 7) is 1.48. The highest BCUT2D eigenvalue weighted by molar-refractivity contribution is 5.85. The van der Waals surface area contributed by atoms with E-state index in [1.54, 1.807) is 6.92 Å². The molecule has 0 aromatic carbocycles. The molecule has 0 spiro atoms. The first-order chi connectivity index (χ1) is 4.57. The molecular formula is C6H11NO3. The molecule has 0 amide bonds. The van der Waals surface area contributed by atoms with E-state index in [-0.39, 0.29) is 18.7 Å². The highest BCUT2D eigenvalue weighted by atomic mass is 16.4. The second-order valence-corrected chi connectivity index (χ2v) is 2.17. The number of ketones is 1. The molecule has 0 radical (unpaired) electrons. The lowest BCUT2D eigenvalue weighted by atomic mass is 10.0. The molecule has 0 rings (SSSR count). The molecule has 0 aromatic heterocycles. The summed E-state index contributed by atoms with van der Waals surface area (Å²) in [4.78, 5) is 20.7. The van der Waals surface area contributed by atoms with Crippen LogP contribution >= 0.6 is 0 Å². The van der Waals surface area contributed by atoms with Crippen LogP contribution < -0.4 is 5.73 Å². The highest BCUT2D eigenvalue weighted by Gasteiger charge is 2.13. The number of rotatable bonds is 4. The van der Waals surface area contributed by atoms with Crippen molar-refractivity contribution in [3.63, 3.8) is 0 Å². The molecule has 58 valence electrons. The predicted octanol–water partition coefficient (Wildman–Crippen LogP) is -0.375. The van der Waals surface area contributed by atoms with Gasteiger partial charge in [-0.1, -0.05) is 6.92 Å². The van der Waals surface area contributed by atoms with Gasteiger partial charge in [-0.2, -0.15) is 0 Å². The van der Waals surface area contributed by atoms with Gasteiger partial charge in [-0.25, -0.2) is 0 Å². The minimum Gasteiger partial charge on any atom is -0.481 e. The zero-order valence-corrected chi connectivity index (χ0v) is 5.83. The van der Waals surface area contributed by atoms with Crippen LogP contribution in [0.3, 0.4) is 0 Å². The minimum absolute atomic E-state index is 0.0750. The molecule has 4 heteroatoms. The molecule has 1 unspecified atom stereocenters. The van der Waals surface area contributed by atoms with Crippen molar-refractivity contribution in [3.05, 3.63) is 0 Å². The van der Waals surface area contributed by atoms with E-state index in [2.05, 4.69) is 0 Å². The molecule has 0 heterocycles. The van der Waals surface area contributed by atoms with Gasteiger partial charge < -0.3 is 10.8 Å². The van der Waals surface area contributed by atoms with Crippen LogP contribution in [-0.4, -0.2) is 23.4 Å². The third kappa shape index (κ3) is 3.19. The van der Waals surface area contributed by atoms with Crippen LogP contribution in [0.5, 0.6) is 0 Å². The fourth-order valence-electron chi connectivity index (χ4n) is 0.577. The topological polar surface area (TPSA) is 80.4 Å². The highest BCUT2D eigenvalue weighted by Crippen LogP contribution is 2.01. The summed E-state index contributed by atoms with van der Waals surface area (Å²) in [6.07, 6.45) is -0.129. The van der Waals surface area contributed by atoms with Gasteiger partial charge in [0.05, 0.1) is 13.0 Å². The fourth-order valence-corrected chi connectivity index (χ4v) is 0.577. The third-order valence-electron chi connectivity index (χ3n) is 1.23. The Labute approximate surface area is 59.0 Å². The van der Waals surface area contributed by atoms with Gasteiger partial charge in [-0.05, 0) is 0 Å². The van der Waals surface area contributed by atoms with Crippen LogP contribution in [0.1, 0.15) is 13.3 Å². The maximum absolute atomic E-state index is 10.7. The van der Waals surface area contributed by atoms with Crippen molar-refractivity contribution in [2.75, 3.05) is 6.54 Å². The Balaban J connectivity index is 3.72. The lowest BCUT2D eigenvalue weighted by Crippen LogP contribution is -2.22. The van der Waals surface area contributed by atoms with Crippen LogP contribution in [-0.2, 0) is 9.59 Å². The molecule has 4 nitrogen and oxygen atoms in total. The number of carbonyl (C=O) groups excluding carboxylic acids is 1. The van der Waals surface area contributed by atoms with E-state index in [1.807, 2.05) is 0 Å². The van der Waals surface area contributed by atoms with E-state index >= 15 is 0 Å². The number of nitrogens with two attached hydrogens (primary N) is 1. The summed E-state index contributed by atoms with van der Waals surface area (Å²) in [5.74, 6) is -1.63. The summed E-state index contributed by atoms with van der Waals surface area (Å²) in [7, 11) is 0. The van der Waals surface area contributed by atoms with E-state index < -0.39 is 11.9 Å². The summed E-state index contributed by atoms with van der Waals surface area (Å²) < 4.78 is 0. The first-order valence-corrected chi connectivity index (χ1v) is 3.02. The van der Waals surface area contributed by atoms with E-state index in [9.17, 15) is 9.59 Å². The molecule has 10 heavy (non-hydrogen) atoms. The van der Waals surface area contributed by atoms with E-state index in [0.29, 0.717) is 0 Å². The molecule has 0 aromatic rings. The largest absolute Gasteiger partial charge is 0.481 e. The number of hydrogen-bond donors (Lipinski definition) is 2. The first kappa shape index (κ1) is 9.10. The molecule has 0 saturated carbocycles. The summed E-state index contributed by atoms with van der Waals surface area (Å²) in [5, 5.41) is 8.24. The summed E-state index contributed by atoms with van der Waals surface area (Å²) in [5.41, 5.74) is 5.01. The van der Waals surface area contributed by atoms with Crippen LogP contribution in [0, 0.1) is 5.92 Å². The molecule has 3 N–H and O–H groups in total. The zero-order valence-electron chi connectivity index (χ0n) is 5.83. The molecular weight excluding hydrogens is 134 g/mol. The zero-order chi connectivity index (χ0) is 8.15. The lowest BCUT2D eigenvalue weighted by Gasteiger charge is -2.03. The van der Waals surface area contributed by atoms with Gasteiger partial charge in [0.2, 0.25) is 0 Å². The van der Waals surface area contributed by atoms with Crippen molar-refractivity contribution in [1.29, 1.82) is 0 Å². The smallest absolute Gasteiger partial charge is 0.304 e. The minimum atomic E-state index is -0.964. The van der Waals surface area contributed by atoms with E-state index in [1.165, 1.54) is 0 Å². The summed E-state index contributed by atoms with van der Waals surface area (Å²) in [6, 6.07) is 0. The molecule has 0 aliphatic carbocycles. The number of carboxylic acid groups (broad SMARTS) is 1. The van der Waals surface area contributed by atoms with Gasteiger partial charge >= 0.3 is 5.97 Å². The van der Waals surface area contributed by atoms with E-state index in [4.69, 9.17) is 10.8 Å². The maximum atomic E-state index is 10.7. The van der Waals surface area contributed by atoms with Gasteiger partial charge in [0.25, 0.3) is 0 Å². The second-order valence-electron chi connectivity index (χ2n) is 2.17. The van der Waals surface area contributed by atoms with Crippen LogP contribution in [0.4, 0.5) is 0 Å². The Morgan fingerprint density at radius 1 is 1.60 bits per heavy atom. The number of aliphatic carboxylic acids is 1. The van der Waals surface area contributed by atoms with Gasteiger partial charge in [0, 0.05) is 5.92 Å². The van der Waals surface area contributed by atoms with E-state index in [0.717, 1.165) is 0 Å². The average Bonchev–Trinajstić information content (AvgIpc) is 1.85. The molecule has 0 aliphatic heterocycles. The molecule has 1 atom stereocenters. The van der Waals surface area contributed by atoms with Gasteiger partial charge in [-0.3, -0.25) is 9.59 Å². The van der Waals surface area contributed by atoms with Gasteiger partial charge in [0.1, 0.15) is 5.78 Å². The van der Waals surface area contributed by atoms with Crippen LogP contribution in [0.25, 0.3) is 0 Å². The van der Waals surface area contributed by atoms with Crippen molar-refractivity contribution in [2.45, 2.75) is 13.3 Å². The van der Waals surface area contributed by atoms with Crippen molar-refractivity contribution in [3.8, 4) is 0 Å². The van der Waals surface area contributed by atoms with Crippen molar-refractivity contribution >= 4 is 11.8 Å². The Morgan fingerprint density at radius 3 is 2.40 bits per heavy atom. The third-order valence-corrected chi connectivity index (χ3v) is 1.23. The molecule has 0 saturated heterocycles. The Bertz CT molecular complexity index is 144. The first-order valence-electron chi connectivity index (χ1n) is 3.02. The van der Waals surface area contributed by atoms with Gasteiger partial charge in [0.15, 0.2) is 0 Å². The Kier molecular flexibility index (Phi) is 3.64. The van der Waals surface area contributed by atoms with Crippen molar-refractivity contribution in [2.24, 2.45) is 11.7 Å². The second kappa shape index (κ2) is 4.00. The monoisotopic (exact) mass is 145 g/mol. The SMILES string of the molecule is CC(CC(=O)O)C(=O)CN. The van der Waals surface area contributed by atoms with Gasteiger partial charge in [-0.15, -0.1) is 0 Å². The molecule has 0 aliphatic rings. The molecule has 0 bridgehead atoms. The number of carboxylic acids is 1. The number of carbonyl (C=O) groups is 2. The molecule has 0 fully saturated rings. The Hall–Kier alpha value is -0.900. The standard InChI is InChI=1S/C6H11NO3/c1-4(2-6(9)10)5(8)3-7/h4H,2-3,7H2,1H3,(H,9,10). The average molecular weight is 145 g/mol. The van der Waals surface area contributed by atoms with Crippen molar-refractivity contribution < 1.29 is 14.7 Å². The lowest BCUT2D eigenvalue weighted by molar-refractivity contribution is -0.140. The summed E-state index contributed by atoms with van der Waals surface area (Å²) >= 11 is 0. The van der Waals surface area contributed by atoms with Crippen molar-refractivity contribution in [1.82, 2.24) is 0 Å². The van der Waals surface area contributed by atoms with Crippen LogP contribution in [0.15, 0.2) is 0 Å². The predicted molar refractivity (Wildman–Crippen MR) is 35.5 cm³/mol. The maximum Gasteiger partial charge on any atom is 0.304 e. The quantitative estimate of drug-likeness (QED) is 0.565. The Morgan fingerprint density at radius 2 is 2.10 bits per heavy atom. The fraction of sp³-hybridized carbons (Fsp3) is 0.667. The number of Topliss-reactive ketones (excluding diaryl/α,β-unsaturated/α-hetero) is 1. The normalized spacial score (nSPS) is 12.6. The van der Waals surface area contributed by atoms with Crippen LogP contribution in [0.2, 0.25) is 0 Å².